The van der Waals surface area contributed by atoms with Gasteiger partial charge in [-0.15, -0.1) is 0 Å². The van der Waals surface area contributed by atoms with Crippen LogP contribution in [0, 0.1) is 5.82 Å². The van der Waals surface area contributed by atoms with Crippen LogP contribution in [0.25, 0.3) is 0 Å². The smallest absolute Gasteiger partial charge is 0.235 e. The van der Waals surface area contributed by atoms with Crippen LogP contribution in [-0.2, 0) is 23.0 Å². The fourth-order valence-corrected chi connectivity index (χ4v) is 3.92. The monoisotopic (exact) mass is 384 g/mol. The van der Waals surface area contributed by atoms with E-state index in [0.717, 1.165) is 16.7 Å². The SMILES string of the molecule is CCS(=O)(=O)N(Cc1cccnc1)c1cccc(Cc2ccc(F)cc2)c1. The number of halogens is 1. The van der Waals surface area contributed by atoms with E-state index in [0.29, 0.717) is 12.1 Å². The molecule has 1 heterocycles. The van der Waals surface area contributed by atoms with Crippen molar-refractivity contribution in [2.75, 3.05) is 10.1 Å². The van der Waals surface area contributed by atoms with Crippen molar-refractivity contribution in [1.82, 2.24) is 4.98 Å². The summed E-state index contributed by atoms with van der Waals surface area (Å²) in [5, 5.41) is 0. The van der Waals surface area contributed by atoms with Crippen molar-refractivity contribution in [2.24, 2.45) is 0 Å². The molecule has 140 valence electrons. The fourth-order valence-electron chi connectivity index (χ4n) is 2.82. The Kier molecular flexibility index (Phi) is 5.86. The molecule has 0 fully saturated rings. The largest absolute Gasteiger partial charge is 0.266 e. The van der Waals surface area contributed by atoms with Crippen molar-refractivity contribution in [3.63, 3.8) is 0 Å². The predicted molar refractivity (Wildman–Crippen MR) is 106 cm³/mol. The minimum Gasteiger partial charge on any atom is -0.266 e. The second-order valence-corrected chi connectivity index (χ2v) is 8.42. The lowest BCUT2D eigenvalue weighted by Crippen LogP contribution is -2.32. The number of anilines is 1. The van der Waals surface area contributed by atoms with Gasteiger partial charge in [0, 0.05) is 12.4 Å². The third kappa shape index (κ3) is 4.92. The molecule has 1 aromatic heterocycles. The summed E-state index contributed by atoms with van der Waals surface area (Å²) >= 11 is 0. The number of aromatic nitrogens is 1. The Hall–Kier alpha value is -2.73. The van der Waals surface area contributed by atoms with E-state index >= 15 is 0 Å². The van der Waals surface area contributed by atoms with Gasteiger partial charge in [-0.3, -0.25) is 9.29 Å². The van der Waals surface area contributed by atoms with Crippen molar-refractivity contribution in [3.05, 3.63) is 95.6 Å². The van der Waals surface area contributed by atoms with Gasteiger partial charge in [0.05, 0.1) is 18.0 Å². The van der Waals surface area contributed by atoms with E-state index in [1.54, 1.807) is 43.6 Å². The van der Waals surface area contributed by atoms with E-state index in [4.69, 9.17) is 0 Å². The number of sulfonamides is 1. The van der Waals surface area contributed by atoms with Crippen LogP contribution in [0.1, 0.15) is 23.6 Å². The van der Waals surface area contributed by atoms with Gasteiger partial charge in [-0.1, -0.05) is 30.3 Å². The summed E-state index contributed by atoms with van der Waals surface area (Å²) in [5.74, 6) is -0.265. The van der Waals surface area contributed by atoms with Crippen LogP contribution in [-0.4, -0.2) is 19.2 Å². The highest BCUT2D eigenvalue weighted by molar-refractivity contribution is 7.92. The maximum atomic E-state index is 13.1. The van der Waals surface area contributed by atoms with E-state index in [1.807, 2.05) is 24.3 Å². The quantitative estimate of drug-likeness (QED) is 0.614. The molecule has 3 aromatic rings. The predicted octanol–water partition coefficient (Wildman–Crippen LogP) is 4.17. The molecule has 0 amide bonds. The van der Waals surface area contributed by atoms with Crippen molar-refractivity contribution < 1.29 is 12.8 Å². The zero-order valence-corrected chi connectivity index (χ0v) is 15.9. The molecular formula is C21H21FN2O2S. The van der Waals surface area contributed by atoms with Crippen molar-refractivity contribution in [1.29, 1.82) is 0 Å². The van der Waals surface area contributed by atoms with Gasteiger partial charge in [-0.25, -0.2) is 12.8 Å². The van der Waals surface area contributed by atoms with Crippen LogP contribution in [0.3, 0.4) is 0 Å². The number of rotatable bonds is 7. The zero-order chi connectivity index (χ0) is 19.3. The molecule has 0 radical (unpaired) electrons. The van der Waals surface area contributed by atoms with Crippen LogP contribution in [0.4, 0.5) is 10.1 Å². The van der Waals surface area contributed by atoms with Gasteiger partial charge in [0.15, 0.2) is 0 Å². The lowest BCUT2D eigenvalue weighted by molar-refractivity contribution is 0.591. The van der Waals surface area contributed by atoms with Crippen molar-refractivity contribution in [2.45, 2.75) is 19.9 Å². The number of nitrogens with zero attached hydrogens (tertiary/aromatic N) is 2. The van der Waals surface area contributed by atoms with Crippen LogP contribution in [0.2, 0.25) is 0 Å². The average Bonchev–Trinajstić information content (AvgIpc) is 2.69. The normalized spacial score (nSPS) is 11.3. The number of benzene rings is 2. The molecule has 0 aliphatic carbocycles. The van der Waals surface area contributed by atoms with Crippen LogP contribution in [0.5, 0.6) is 0 Å². The van der Waals surface area contributed by atoms with E-state index in [2.05, 4.69) is 4.98 Å². The van der Waals surface area contributed by atoms with E-state index < -0.39 is 10.0 Å². The van der Waals surface area contributed by atoms with E-state index in [-0.39, 0.29) is 18.1 Å². The molecule has 3 rings (SSSR count). The molecular weight excluding hydrogens is 363 g/mol. The molecule has 0 aliphatic heterocycles. The zero-order valence-electron chi connectivity index (χ0n) is 15.0. The second kappa shape index (κ2) is 8.31. The van der Waals surface area contributed by atoms with Crippen LogP contribution < -0.4 is 4.31 Å². The highest BCUT2D eigenvalue weighted by Crippen LogP contribution is 2.24. The van der Waals surface area contributed by atoms with Gasteiger partial charge in [0.25, 0.3) is 0 Å². The van der Waals surface area contributed by atoms with Gasteiger partial charge in [0.1, 0.15) is 5.82 Å². The molecule has 0 aliphatic rings. The van der Waals surface area contributed by atoms with Gasteiger partial charge in [-0.2, -0.15) is 0 Å². The highest BCUT2D eigenvalue weighted by Gasteiger charge is 2.21. The molecule has 4 nitrogen and oxygen atoms in total. The standard InChI is InChI=1S/C21H21FN2O2S/c1-2-27(25,26)24(16-19-6-4-12-23-15-19)21-7-3-5-18(14-21)13-17-8-10-20(22)11-9-17/h3-12,14-15H,2,13,16H2,1H3. The van der Waals surface area contributed by atoms with Gasteiger partial charge < -0.3 is 0 Å². The highest BCUT2D eigenvalue weighted by atomic mass is 32.2. The summed E-state index contributed by atoms with van der Waals surface area (Å²) in [6, 6.07) is 17.4. The number of pyridine rings is 1. The van der Waals surface area contributed by atoms with Crippen molar-refractivity contribution >= 4 is 15.7 Å². The van der Waals surface area contributed by atoms with E-state index in [9.17, 15) is 12.8 Å². The molecule has 0 unspecified atom stereocenters. The molecule has 0 saturated heterocycles. The first-order chi connectivity index (χ1) is 13.0. The summed E-state index contributed by atoms with van der Waals surface area (Å²) in [6.45, 7) is 1.86. The fraction of sp³-hybridized carbons (Fsp3) is 0.190. The van der Waals surface area contributed by atoms with Crippen LogP contribution >= 0.6 is 0 Å². The Morgan fingerprint density at radius 1 is 0.963 bits per heavy atom. The lowest BCUT2D eigenvalue weighted by atomic mass is 10.0. The summed E-state index contributed by atoms with van der Waals surface area (Å²) in [6.07, 6.45) is 3.92. The molecule has 0 bridgehead atoms. The molecule has 0 N–H and O–H groups in total. The third-order valence-corrected chi connectivity index (χ3v) is 6.01. The van der Waals surface area contributed by atoms with Gasteiger partial charge in [0.2, 0.25) is 10.0 Å². The average molecular weight is 384 g/mol. The molecule has 0 atom stereocenters. The summed E-state index contributed by atoms with van der Waals surface area (Å²) in [5.41, 5.74) is 3.35. The number of hydrogen-bond acceptors (Lipinski definition) is 3. The van der Waals surface area contributed by atoms with Gasteiger partial charge >= 0.3 is 0 Å². The number of hydrogen-bond donors (Lipinski definition) is 0. The Bertz CT molecular complexity index is 990. The molecule has 6 heteroatoms. The third-order valence-electron chi connectivity index (χ3n) is 4.27. The topological polar surface area (TPSA) is 50.3 Å². The van der Waals surface area contributed by atoms with Gasteiger partial charge in [-0.05, 0) is 60.4 Å². The Morgan fingerprint density at radius 2 is 1.70 bits per heavy atom. The first-order valence-corrected chi connectivity index (χ1v) is 10.3. The summed E-state index contributed by atoms with van der Waals surface area (Å²) < 4.78 is 39.9. The summed E-state index contributed by atoms with van der Waals surface area (Å²) in [4.78, 5) is 4.07. The minimum absolute atomic E-state index is 0.00938. The molecule has 0 spiro atoms. The van der Waals surface area contributed by atoms with E-state index in [1.165, 1.54) is 16.4 Å². The Labute approximate surface area is 159 Å². The first kappa shape index (κ1) is 19.0. The Balaban J connectivity index is 1.91. The molecule has 2 aromatic carbocycles. The minimum atomic E-state index is -3.45. The van der Waals surface area contributed by atoms with Crippen molar-refractivity contribution in [3.8, 4) is 0 Å². The molecule has 0 saturated carbocycles. The maximum absolute atomic E-state index is 13.1. The molecule has 27 heavy (non-hydrogen) atoms. The van der Waals surface area contributed by atoms with Crippen LogP contribution in [0.15, 0.2) is 73.1 Å². The lowest BCUT2D eigenvalue weighted by Gasteiger charge is -2.24. The summed E-state index contributed by atoms with van der Waals surface area (Å²) in [7, 11) is -3.45. The first-order valence-electron chi connectivity index (χ1n) is 8.70. The Morgan fingerprint density at radius 3 is 2.37 bits per heavy atom. The maximum Gasteiger partial charge on any atom is 0.235 e. The second-order valence-electron chi connectivity index (χ2n) is 6.24.